The summed E-state index contributed by atoms with van der Waals surface area (Å²) < 4.78 is 48.3. The Bertz CT molecular complexity index is 281. The molecule has 2 N–H and O–H groups in total. The van der Waals surface area contributed by atoms with E-state index in [1.54, 1.807) is 0 Å². The topological polar surface area (TPSA) is 58.9 Å². The SMILES string of the molecule is OC1COC(OC(CSCCCS)C(F)(F)F)C(O)C1. The molecule has 0 aromatic heterocycles. The van der Waals surface area contributed by atoms with Gasteiger partial charge in [0.25, 0.3) is 0 Å². The average Bonchev–Trinajstić information content (AvgIpc) is 2.34. The van der Waals surface area contributed by atoms with Gasteiger partial charge in [-0.15, -0.1) is 0 Å². The van der Waals surface area contributed by atoms with Gasteiger partial charge in [-0.25, -0.2) is 0 Å². The summed E-state index contributed by atoms with van der Waals surface area (Å²) in [6.45, 7) is -0.140. The number of aliphatic hydroxyl groups excluding tert-OH is 2. The van der Waals surface area contributed by atoms with Crippen molar-refractivity contribution in [1.82, 2.24) is 0 Å². The lowest BCUT2D eigenvalue weighted by atomic mass is 10.1. The number of alkyl halides is 3. The van der Waals surface area contributed by atoms with Crippen LogP contribution in [0.4, 0.5) is 13.2 Å². The molecule has 1 heterocycles. The Balaban J connectivity index is 2.47. The van der Waals surface area contributed by atoms with E-state index < -0.39 is 30.8 Å². The highest BCUT2D eigenvalue weighted by Gasteiger charge is 2.44. The number of thiol groups is 1. The first-order valence-electron chi connectivity index (χ1n) is 6.23. The van der Waals surface area contributed by atoms with Crippen LogP contribution in [0.25, 0.3) is 0 Å². The molecule has 1 fully saturated rings. The highest BCUT2D eigenvalue weighted by molar-refractivity contribution is 7.99. The number of thioether (sulfide) groups is 1. The molecule has 0 saturated carbocycles. The second-order valence-corrected chi connectivity index (χ2v) is 6.07. The van der Waals surface area contributed by atoms with E-state index in [1.807, 2.05) is 0 Å². The van der Waals surface area contributed by atoms with Crippen LogP contribution < -0.4 is 0 Å². The molecule has 20 heavy (non-hydrogen) atoms. The fraction of sp³-hybridized carbons (Fsp3) is 1.00. The average molecular weight is 336 g/mol. The van der Waals surface area contributed by atoms with Crippen molar-refractivity contribution in [2.75, 3.05) is 23.9 Å². The van der Waals surface area contributed by atoms with Crippen molar-refractivity contribution >= 4 is 24.4 Å². The van der Waals surface area contributed by atoms with Crippen molar-refractivity contribution in [2.24, 2.45) is 0 Å². The monoisotopic (exact) mass is 336 g/mol. The van der Waals surface area contributed by atoms with Gasteiger partial charge in [0.05, 0.1) is 12.7 Å². The molecule has 1 rings (SSSR count). The Hall–Kier alpha value is 0.330. The predicted octanol–water partition coefficient (Wildman–Crippen LogP) is 1.46. The third kappa shape index (κ3) is 6.40. The number of aliphatic hydroxyl groups is 2. The van der Waals surface area contributed by atoms with Gasteiger partial charge in [0, 0.05) is 12.2 Å². The Morgan fingerprint density at radius 2 is 2.10 bits per heavy atom. The van der Waals surface area contributed by atoms with E-state index in [2.05, 4.69) is 12.6 Å². The minimum atomic E-state index is -4.52. The molecule has 0 aromatic carbocycles. The quantitative estimate of drug-likeness (QED) is 0.485. The molecule has 1 aliphatic heterocycles. The van der Waals surface area contributed by atoms with Crippen LogP contribution in [0.5, 0.6) is 0 Å². The van der Waals surface area contributed by atoms with Crippen molar-refractivity contribution in [3.05, 3.63) is 0 Å². The number of ether oxygens (including phenoxy) is 2. The third-order valence-corrected chi connectivity index (χ3v) is 4.09. The Kier molecular flexibility index (Phi) is 7.99. The van der Waals surface area contributed by atoms with Crippen LogP contribution in [-0.2, 0) is 9.47 Å². The van der Waals surface area contributed by atoms with Crippen LogP contribution in [0.2, 0.25) is 0 Å². The molecule has 0 spiro atoms. The van der Waals surface area contributed by atoms with E-state index in [9.17, 15) is 23.4 Å². The van der Waals surface area contributed by atoms with Crippen molar-refractivity contribution in [1.29, 1.82) is 0 Å². The van der Waals surface area contributed by atoms with E-state index in [4.69, 9.17) is 9.47 Å². The first kappa shape index (κ1) is 18.4. The molecular weight excluding hydrogens is 317 g/mol. The zero-order valence-corrected chi connectivity index (χ0v) is 12.5. The van der Waals surface area contributed by atoms with Gasteiger partial charge in [-0.2, -0.15) is 37.6 Å². The lowest BCUT2D eigenvalue weighted by Crippen LogP contribution is -2.47. The molecular formula is C11H19F3O4S2. The minimum Gasteiger partial charge on any atom is -0.391 e. The molecule has 4 nitrogen and oxygen atoms in total. The fourth-order valence-corrected chi connectivity index (χ4v) is 3.00. The molecule has 0 amide bonds. The number of hydrogen-bond acceptors (Lipinski definition) is 6. The Morgan fingerprint density at radius 3 is 2.65 bits per heavy atom. The zero-order valence-electron chi connectivity index (χ0n) is 10.8. The molecule has 0 radical (unpaired) electrons. The molecule has 4 unspecified atom stereocenters. The standard InChI is InChI=1S/C11H19F3O4S2/c12-11(13,14)9(6-20-3-1-2-19)18-10-8(16)4-7(15)5-17-10/h7-10,15-16,19H,1-6H2. The maximum Gasteiger partial charge on any atom is 0.415 e. The van der Waals surface area contributed by atoms with Crippen LogP contribution in [0.1, 0.15) is 12.8 Å². The molecule has 4 atom stereocenters. The number of rotatable bonds is 7. The lowest BCUT2D eigenvalue weighted by Gasteiger charge is -2.33. The van der Waals surface area contributed by atoms with Crippen LogP contribution in [0, 0.1) is 0 Å². The number of hydrogen-bond donors (Lipinski definition) is 3. The highest BCUT2D eigenvalue weighted by atomic mass is 32.2. The smallest absolute Gasteiger partial charge is 0.391 e. The first-order chi connectivity index (χ1) is 9.34. The van der Waals surface area contributed by atoms with Crippen molar-refractivity contribution < 1.29 is 32.9 Å². The predicted molar refractivity (Wildman–Crippen MR) is 73.1 cm³/mol. The van der Waals surface area contributed by atoms with Gasteiger partial charge in [0.15, 0.2) is 12.4 Å². The summed E-state index contributed by atoms with van der Waals surface area (Å²) in [6.07, 6.45) is -9.34. The molecule has 1 aliphatic rings. The molecule has 0 aliphatic carbocycles. The van der Waals surface area contributed by atoms with Crippen LogP contribution in [0.15, 0.2) is 0 Å². The zero-order chi connectivity index (χ0) is 15.2. The van der Waals surface area contributed by atoms with E-state index in [0.717, 1.165) is 11.8 Å². The summed E-state index contributed by atoms with van der Waals surface area (Å²) in [6, 6.07) is 0. The summed E-state index contributed by atoms with van der Waals surface area (Å²) >= 11 is 5.11. The normalized spacial score (nSPS) is 29.4. The van der Waals surface area contributed by atoms with Crippen LogP contribution in [0.3, 0.4) is 0 Å². The first-order valence-corrected chi connectivity index (χ1v) is 8.01. The van der Waals surface area contributed by atoms with Crippen molar-refractivity contribution in [3.63, 3.8) is 0 Å². The van der Waals surface area contributed by atoms with E-state index in [-0.39, 0.29) is 18.8 Å². The van der Waals surface area contributed by atoms with Crippen molar-refractivity contribution in [2.45, 2.75) is 43.6 Å². The van der Waals surface area contributed by atoms with Gasteiger partial charge < -0.3 is 19.7 Å². The minimum absolute atomic E-state index is 0.0535. The third-order valence-electron chi connectivity index (χ3n) is 2.66. The van der Waals surface area contributed by atoms with E-state index in [0.29, 0.717) is 17.9 Å². The molecule has 0 aromatic rings. The van der Waals surface area contributed by atoms with Crippen LogP contribution in [-0.4, -0.2) is 64.9 Å². The van der Waals surface area contributed by atoms with Crippen LogP contribution >= 0.6 is 24.4 Å². The Morgan fingerprint density at radius 1 is 1.40 bits per heavy atom. The van der Waals surface area contributed by atoms with Gasteiger partial charge in [-0.1, -0.05) is 0 Å². The summed E-state index contributed by atoms with van der Waals surface area (Å²) in [5, 5.41) is 18.8. The lowest BCUT2D eigenvalue weighted by molar-refractivity contribution is -0.300. The Labute approximate surface area is 125 Å². The molecule has 120 valence electrons. The van der Waals surface area contributed by atoms with Gasteiger partial charge in [0.1, 0.15) is 6.10 Å². The summed E-state index contributed by atoms with van der Waals surface area (Å²) in [7, 11) is 0. The second kappa shape index (κ2) is 8.70. The molecule has 9 heteroatoms. The molecule has 0 bridgehead atoms. The summed E-state index contributed by atoms with van der Waals surface area (Å²) in [4.78, 5) is 0. The van der Waals surface area contributed by atoms with E-state index in [1.165, 1.54) is 0 Å². The number of halogens is 3. The largest absolute Gasteiger partial charge is 0.415 e. The highest BCUT2D eigenvalue weighted by Crippen LogP contribution is 2.29. The van der Waals surface area contributed by atoms with Gasteiger partial charge in [-0.05, 0) is 17.9 Å². The maximum atomic E-state index is 12.8. The van der Waals surface area contributed by atoms with Gasteiger partial charge in [0.2, 0.25) is 0 Å². The summed E-state index contributed by atoms with van der Waals surface area (Å²) in [5.74, 6) is 0.922. The van der Waals surface area contributed by atoms with E-state index >= 15 is 0 Å². The van der Waals surface area contributed by atoms with Crippen molar-refractivity contribution in [3.8, 4) is 0 Å². The van der Waals surface area contributed by atoms with Gasteiger partial charge in [-0.3, -0.25) is 0 Å². The fourth-order valence-electron chi connectivity index (χ4n) is 1.63. The van der Waals surface area contributed by atoms with Gasteiger partial charge >= 0.3 is 6.18 Å². The summed E-state index contributed by atoms with van der Waals surface area (Å²) in [5.41, 5.74) is 0. The molecule has 1 saturated heterocycles. The second-order valence-electron chi connectivity index (χ2n) is 4.48. The maximum absolute atomic E-state index is 12.8.